The number of hydrogen-bond donors (Lipinski definition) is 1. The predicted octanol–water partition coefficient (Wildman–Crippen LogP) is 1.82. The molecular weight excluding hydrogens is 230 g/mol. The SMILES string of the molecule is CCCN(CC(C)(C)CN)C(=O)c1cnoc1C. The lowest BCUT2D eigenvalue weighted by Crippen LogP contribution is -2.42. The van der Waals surface area contributed by atoms with Crippen molar-refractivity contribution in [3.8, 4) is 0 Å². The molecule has 0 radical (unpaired) electrons. The van der Waals surface area contributed by atoms with Crippen molar-refractivity contribution in [2.24, 2.45) is 11.1 Å². The summed E-state index contributed by atoms with van der Waals surface area (Å²) in [5, 5.41) is 3.65. The van der Waals surface area contributed by atoms with E-state index in [1.807, 2.05) is 4.90 Å². The zero-order chi connectivity index (χ0) is 13.8. The van der Waals surface area contributed by atoms with Gasteiger partial charge in [0.25, 0.3) is 5.91 Å². The molecule has 0 saturated carbocycles. The highest BCUT2D eigenvalue weighted by Gasteiger charge is 2.26. The summed E-state index contributed by atoms with van der Waals surface area (Å²) in [6.07, 6.45) is 2.40. The van der Waals surface area contributed by atoms with Crippen molar-refractivity contribution >= 4 is 5.91 Å². The number of hydrogen-bond acceptors (Lipinski definition) is 4. The first-order chi connectivity index (χ1) is 8.41. The molecule has 1 aromatic heterocycles. The van der Waals surface area contributed by atoms with Gasteiger partial charge in [0.15, 0.2) is 0 Å². The molecule has 0 bridgehead atoms. The van der Waals surface area contributed by atoms with E-state index in [4.69, 9.17) is 10.3 Å². The highest BCUT2D eigenvalue weighted by atomic mass is 16.5. The Balaban J connectivity index is 2.85. The zero-order valence-corrected chi connectivity index (χ0v) is 11.7. The monoisotopic (exact) mass is 253 g/mol. The van der Waals surface area contributed by atoms with Crippen LogP contribution in [0.5, 0.6) is 0 Å². The fraction of sp³-hybridized carbons (Fsp3) is 0.692. The Bertz CT molecular complexity index is 399. The van der Waals surface area contributed by atoms with E-state index in [1.165, 1.54) is 6.20 Å². The Morgan fingerprint density at radius 2 is 2.22 bits per heavy atom. The number of nitrogens with zero attached hydrogens (tertiary/aromatic N) is 2. The third kappa shape index (κ3) is 3.57. The minimum absolute atomic E-state index is 0.0304. The Labute approximate surface area is 108 Å². The average Bonchev–Trinajstić information content (AvgIpc) is 2.74. The summed E-state index contributed by atoms with van der Waals surface area (Å²) in [6.45, 7) is 9.82. The van der Waals surface area contributed by atoms with Crippen molar-refractivity contribution in [3.63, 3.8) is 0 Å². The first-order valence-electron chi connectivity index (χ1n) is 6.32. The molecule has 102 valence electrons. The van der Waals surface area contributed by atoms with Crippen molar-refractivity contribution in [1.82, 2.24) is 10.1 Å². The molecule has 1 rings (SSSR count). The lowest BCUT2D eigenvalue weighted by molar-refractivity contribution is 0.0687. The topological polar surface area (TPSA) is 72.4 Å². The fourth-order valence-corrected chi connectivity index (χ4v) is 1.78. The van der Waals surface area contributed by atoms with Gasteiger partial charge in [-0.1, -0.05) is 25.9 Å². The van der Waals surface area contributed by atoms with Crippen LogP contribution in [0.25, 0.3) is 0 Å². The van der Waals surface area contributed by atoms with Crippen LogP contribution in [0.1, 0.15) is 43.3 Å². The van der Waals surface area contributed by atoms with Gasteiger partial charge in [0.1, 0.15) is 11.3 Å². The van der Waals surface area contributed by atoms with E-state index in [1.54, 1.807) is 6.92 Å². The van der Waals surface area contributed by atoms with Gasteiger partial charge < -0.3 is 15.2 Å². The van der Waals surface area contributed by atoms with Gasteiger partial charge in [-0.2, -0.15) is 0 Å². The van der Waals surface area contributed by atoms with Gasteiger partial charge in [-0.05, 0) is 25.3 Å². The minimum Gasteiger partial charge on any atom is -0.361 e. The molecule has 5 heteroatoms. The van der Waals surface area contributed by atoms with E-state index < -0.39 is 0 Å². The molecule has 0 unspecified atom stereocenters. The molecule has 0 spiro atoms. The van der Waals surface area contributed by atoms with Crippen LogP contribution in [-0.2, 0) is 0 Å². The van der Waals surface area contributed by atoms with Crippen LogP contribution >= 0.6 is 0 Å². The molecule has 0 atom stereocenters. The third-order valence-corrected chi connectivity index (χ3v) is 2.93. The van der Waals surface area contributed by atoms with Gasteiger partial charge in [0, 0.05) is 13.1 Å². The van der Waals surface area contributed by atoms with Gasteiger partial charge >= 0.3 is 0 Å². The van der Waals surface area contributed by atoms with Crippen LogP contribution in [-0.4, -0.2) is 35.6 Å². The van der Waals surface area contributed by atoms with Crippen LogP contribution < -0.4 is 5.73 Å². The molecule has 18 heavy (non-hydrogen) atoms. The van der Waals surface area contributed by atoms with Crippen LogP contribution in [0.3, 0.4) is 0 Å². The molecular formula is C13H23N3O2. The van der Waals surface area contributed by atoms with Crippen molar-refractivity contribution in [3.05, 3.63) is 17.5 Å². The van der Waals surface area contributed by atoms with E-state index in [0.29, 0.717) is 31.0 Å². The Morgan fingerprint density at radius 1 is 1.56 bits per heavy atom. The molecule has 1 heterocycles. The molecule has 0 fully saturated rings. The van der Waals surface area contributed by atoms with Crippen LogP contribution in [0, 0.1) is 12.3 Å². The van der Waals surface area contributed by atoms with Crippen molar-refractivity contribution in [2.45, 2.75) is 34.1 Å². The smallest absolute Gasteiger partial charge is 0.259 e. The third-order valence-electron chi connectivity index (χ3n) is 2.93. The lowest BCUT2D eigenvalue weighted by atomic mass is 9.92. The highest BCUT2D eigenvalue weighted by molar-refractivity contribution is 5.94. The first kappa shape index (κ1) is 14.7. The van der Waals surface area contributed by atoms with Crippen LogP contribution in [0.4, 0.5) is 0 Å². The average molecular weight is 253 g/mol. The van der Waals surface area contributed by atoms with Gasteiger partial charge in [0.2, 0.25) is 0 Å². The fourth-order valence-electron chi connectivity index (χ4n) is 1.78. The molecule has 1 amide bonds. The minimum atomic E-state index is -0.0874. The summed E-state index contributed by atoms with van der Waals surface area (Å²) in [5.74, 6) is 0.531. The van der Waals surface area contributed by atoms with E-state index in [0.717, 1.165) is 6.42 Å². The van der Waals surface area contributed by atoms with Crippen molar-refractivity contribution in [2.75, 3.05) is 19.6 Å². The van der Waals surface area contributed by atoms with E-state index in [-0.39, 0.29) is 11.3 Å². The first-order valence-corrected chi connectivity index (χ1v) is 6.32. The Hall–Kier alpha value is -1.36. The van der Waals surface area contributed by atoms with E-state index in [2.05, 4.69) is 25.9 Å². The molecule has 5 nitrogen and oxygen atoms in total. The normalized spacial score (nSPS) is 11.6. The maximum Gasteiger partial charge on any atom is 0.259 e. The van der Waals surface area contributed by atoms with E-state index in [9.17, 15) is 4.79 Å². The maximum atomic E-state index is 12.4. The second-order valence-corrected chi connectivity index (χ2v) is 5.39. The largest absolute Gasteiger partial charge is 0.361 e. The molecule has 0 aliphatic heterocycles. The molecule has 0 aromatic carbocycles. The number of aryl methyl sites for hydroxylation is 1. The van der Waals surface area contributed by atoms with Gasteiger partial charge in [-0.15, -0.1) is 0 Å². The number of rotatable bonds is 6. The summed E-state index contributed by atoms with van der Waals surface area (Å²) < 4.78 is 4.95. The molecule has 0 aliphatic carbocycles. The Morgan fingerprint density at radius 3 is 2.67 bits per heavy atom. The summed E-state index contributed by atoms with van der Waals surface area (Å²) in [5.41, 5.74) is 6.18. The number of aromatic nitrogens is 1. The lowest BCUT2D eigenvalue weighted by Gasteiger charge is -2.31. The Kier molecular flexibility index (Phi) is 4.90. The predicted molar refractivity (Wildman–Crippen MR) is 70.3 cm³/mol. The summed E-state index contributed by atoms with van der Waals surface area (Å²) in [4.78, 5) is 14.2. The van der Waals surface area contributed by atoms with Crippen LogP contribution in [0.15, 0.2) is 10.7 Å². The van der Waals surface area contributed by atoms with Crippen molar-refractivity contribution < 1.29 is 9.32 Å². The molecule has 1 aromatic rings. The second kappa shape index (κ2) is 6.00. The molecule has 2 N–H and O–H groups in total. The molecule has 0 saturated heterocycles. The summed E-state index contributed by atoms with van der Waals surface area (Å²) >= 11 is 0. The van der Waals surface area contributed by atoms with Gasteiger partial charge in [-0.25, -0.2) is 0 Å². The summed E-state index contributed by atoms with van der Waals surface area (Å²) in [6, 6.07) is 0. The number of nitrogens with two attached hydrogens (primary N) is 1. The van der Waals surface area contributed by atoms with Crippen LogP contribution in [0.2, 0.25) is 0 Å². The highest BCUT2D eigenvalue weighted by Crippen LogP contribution is 2.18. The number of amides is 1. The van der Waals surface area contributed by atoms with Gasteiger partial charge in [0.05, 0.1) is 6.20 Å². The van der Waals surface area contributed by atoms with E-state index >= 15 is 0 Å². The standard InChI is InChI=1S/C13H23N3O2/c1-5-6-16(9-13(3,4)8-14)12(17)11-7-15-18-10(11)2/h7H,5-6,8-9,14H2,1-4H3. The quantitative estimate of drug-likeness (QED) is 0.839. The second-order valence-electron chi connectivity index (χ2n) is 5.39. The number of carbonyl (C=O) groups is 1. The number of carbonyl (C=O) groups excluding carboxylic acids is 1. The molecule has 0 aliphatic rings. The van der Waals surface area contributed by atoms with Crippen molar-refractivity contribution in [1.29, 1.82) is 0 Å². The maximum absolute atomic E-state index is 12.4. The summed E-state index contributed by atoms with van der Waals surface area (Å²) in [7, 11) is 0. The van der Waals surface area contributed by atoms with Gasteiger partial charge in [-0.3, -0.25) is 4.79 Å². The zero-order valence-electron chi connectivity index (χ0n) is 11.7.